The van der Waals surface area contributed by atoms with Crippen molar-refractivity contribution in [2.45, 2.75) is 49.4 Å². The molecule has 6 aliphatic carbocycles. The third kappa shape index (κ3) is 3.71. The molecule has 0 spiro atoms. The van der Waals surface area contributed by atoms with Crippen molar-refractivity contribution in [1.29, 1.82) is 0 Å². The molecule has 0 amide bonds. The van der Waals surface area contributed by atoms with E-state index in [1.54, 1.807) is 0 Å². The molecule has 0 saturated carbocycles. The van der Waals surface area contributed by atoms with E-state index in [-0.39, 0.29) is 0 Å². The zero-order valence-electron chi connectivity index (χ0n) is 28.7. The second-order valence-electron chi connectivity index (χ2n) is 15.9. The van der Waals surface area contributed by atoms with Crippen LogP contribution in [-0.4, -0.2) is 19.9 Å². The van der Waals surface area contributed by atoms with Gasteiger partial charge in [-0.15, -0.1) is 0 Å². The standard InChI is InChI=1S/C48H36N4/c1-3-7-27-19-39-35-15-13-33(37(39)17-25(27)5-1)45-41-22-31-11-9-29(49-31)21-30-10-12-32(50-30)23-42-46-34-14-16-36(48(46)44(52-42)24-43(51-41)47(35)45)40-20-28-8-4-2-6-26(28)18-38(34)40/h1-12,17-24,33-36,49-52H,13-16H2. The summed E-state index contributed by atoms with van der Waals surface area (Å²) in [6.07, 6.45) is 14.2. The lowest BCUT2D eigenvalue weighted by molar-refractivity contribution is 0.520. The number of aromatic amines is 4. The number of hydrogen-bond donors (Lipinski definition) is 4. The van der Waals surface area contributed by atoms with Gasteiger partial charge in [0.05, 0.1) is 0 Å². The lowest BCUT2D eigenvalue weighted by Crippen LogP contribution is -2.29. The first kappa shape index (κ1) is 27.7. The number of fused-ring (bicyclic) bond motifs is 12. The van der Waals surface area contributed by atoms with Crippen molar-refractivity contribution in [3.63, 3.8) is 0 Å². The Morgan fingerprint density at radius 1 is 0.365 bits per heavy atom. The highest BCUT2D eigenvalue weighted by atomic mass is 14.8. The predicted octanol–water partition coefficient (Wildman–Crippen LogP) is 7.68. The molecule has 12 bridgehead atoms. The van der Waals surface area contributed by atoms with Crippen molar-refractivity contribution >= 4 is 45.8 Å². The van der Waals surface area contributed by atoms with Gasteiger partial charge in [0.25, 0.3) is 0 Å². The summed E-state index contributed by atoms with van der Waals surface area (Å²) in [5.74, 6) is 1.50. The minimum atomic E-state index is 0.372. The molecule has 8 aromatic rings. The van der Waals surface area contributed by atoms with Gasteiger partial charge < -0.3 is 19.9 Å². The van der Waals surface area contributed by atoms with E-state index < -0.39 is 0 Å². The number of benzene rings is 4. The Bertz CT molecular complexity index is 3120. The van der Waals surface area contributed by atoms with Crippen LogP contribution in [0, 0.1) is 0 Å². The van der Waals surface area contributed by atoms with Crippen molar-refractivity contribution in [1.82, 2.24) is 19.9 Å². The number of aromatic nitrogens is 4. The summed E-state index contributed by atoms with van der Waals surface area (Å²) in [6.45, 7) is 0. The van der Waals surface area contributed by atoms with Crippen LogP contribution < -0.4 is 21.4 Å². The molecule has 1 aliphatic heterocycles. The molecule has 4 aromatic carbocycles. The highest BCUT2D eigenvalue weighted by Crippen LogP contribution is 2.56. The molecule has 15 rings (SSSR count). The molecule has 248 valence electrons. The van der Waals surface area contributed by atoms with Gasteiger partial charge in [-0.2, -0.15) is 0 Å². The molecular formula is C48H36N4. The Morgan fingerprint density at radius 3 is 1.35 bits per heavy atom. The SMILES string of the molecule is C1=c2ccc([nH]2)=Cc2[nH]c(c3c2C2CCC3c3cc4ccccc4cc32)C=c2[nH]c(c3c2C2CCC3c3cc4ccccc4cc32)=Cc2ccc1[nH]2. The maximum Gasteiger partial charge on any atom is 0.0447 e. The van der Waals surface area contributed by atoms with Gasteiger partial charge in [-0.05, 0) is 140 Å². The first-order valence-corrected chi connectivity index (χ1v) is 19.0. The predicted molar refractivity (Wildman–Crippen MR) is 210 cm³/mol. The van der Waals surface area contributed by atoms with Crippen LogP contribution >= 0.6 is 0 Å². The monoisotopic (exact) mass is 668 g/mol. The summed E-state index contributed by atoms with van der Waals surface area (Å²) >= 11 is 0. The first-order chi connectivity index (χ1) is 25.7. The van der Waals surface area contributed by atoms with Crippen LogP contribution in [0.15, 0.2) is 97.1 Å². The van der Waals surface area contributed by atoms with Crippen LogP contribution in [0.25, 0.3) is 45.8 Å². The van der Waals surface area contributed by atoms with E-state index in [0.717, 1.165) is 22.1 Å². The maximum absolute atomic E-state index is 4.07. The Kier molecular flexibility index (Phi) is 5.25. The largest absolute Gasteiger partial charge is 0.355 e. The van der Waals surface area contributed by atoms with Crippen LogP contribution in [-0.2, 0) is 0 Å². The Balaban J connectivity index is 1.12. The van der Waals surface area contributed by atoms with Crippen LogP contribution in [0.2, 0.25) is 0 Å². The molecule has 7 aliphatic rings. The summed E-state index contributed by atoms with van der Waals surface area (Å²) in [5.41, 5.74) is 16.8. The lowest BCUT2D eigenvalue weighted by Gasteiger charge is -2.40. The smallest absolute Gasteiger partial charge is 0.0447 e. The molecular weight excluding hydrogens is 633 g/mol. The Labute approximate surface area is 300 Å². The van der Waals surface area contributed by atoms with Gasteiger partial charge in [0.2, 0.25) is 0 Å². The molecule has 4 atom stereocenters. The number of rotatable bonds is 0. The van der Waals surface area contributed by atoms with E-state index in [4.69, 9.17) is 0 Å². The fraction of sp³-hybridized carbons (Fsp3) is 0.167. The lowest BCUT2D eigenvalue weighted by atomic mass is 9.63. The number of H-pyrrole nitrogens is 4. The van der Waals surface area contributed by atoms with Crippen molar-refractivity contribution < 1.29 is 0 Å². The fourth-order valence-electron chi connectivity index (χ4n) is 11.2. The van der Waals surface area contributed by atoms with E-state index in [9.17, 15) is 0 Å². The summed E-state index contributed by atoms with van der Waals surface area (Å²) in [5, 5.41) is 10.1. The molecule has 4 N–H and O–H groups in total. The van der Waals surface area contributed by atoms with Gasteiger partial charge in [0, 0.05) is 67.8 Å². The Hall–Kier alpha value is -6.00. The van der Waals surface area contributed by atoms with Crippen LogP contribution in [0.1, 0.15) is 117 Å². The minimum Gasteiger partial charge on any atom is -0.355 e. The Morgan fingerprint density at radius 2 is 0.808 bits per heavy atom. The molecule has 5 heterocycles. The van der Waals surface area contributed by atoms with Crippen molar-refractivity contribution in [3.05, 3.63) is 186 Å². The third-order valence-corrected chi connectivity index (χ3v) is 13.2. The highest BCUT2D eigenvalue weighted by Gasteiger charge is 2.43. The summed E-state index contributed by atoms with van der Waals surface area (Å²) in [4.78, 5) is 15.5. The second-order valence-corrected chi connectivity index (χ2v) is 15.9. The van der Waals surface area contributed by atoms with Gasteiger partial charge in [-0.1, -0.05) is 72.8 Å². The van der Waals surface area contributed by atoms with Gasteiger partial charge in [0.1, 0.15) is 0 Å². The summed E-state index contributed by atoms with van der Waals surface area (Å²) < 4.78 is 0. The van der Waals surface area contributed by atoms with Crippen LogP contribution in [0.5, 0.6) is 0 Å². The molecule has 0 radical (unpaired) electrons. The van der Waals surface area contributed by atoms with Gasteiger partial charge >= 0.3 is 0 Å². The van der Waals surface area contributed by atoms with Gasteiger partial charge in [-0.25, -0.2) is 0 Å². The van der Waals surface area contributed by atoms with E-state index in [0.29, 0.717) is 23.7 Å². The van der Waals surface area contributed by atoms with Crippen molar-refractivity contribution in [3.8, 4) is 0 Å². The summed E-state index contributed by atoms with van der Waals surface area (Å²) in [7, 11) is 0. The topological polar surface area (TPSA) is 63.2 Å². The minimum absolute atomic E-state index is 0.372. The zero-order chi connectivity index (χ0) is 33.7. The molecule has 4 heteroatoms. The normalized spacial score (nSPS) is 21.4. The highest BCUT2D eigenvalue weighted by molar-refractivity contribution is 5.87. The fourth-order valence-corrected chi connectivity index (χ4v) is 11.2. The van der Waals surface area contributed by atoms with E-state index in [1.807, 2.05) is 0 Å². The van der Waals surface area contributed by atoms with Gasteiger partial charge in [-0.3, -0.25) is 0 Å². The van der Waals surface area contributed by atoms with E-state index in [2.05, 4.69) is 141 Å². The van der Waals surface area contributed by atoms with Crippen LogP contribution in [0.3, 0.4) is 0 Å². The molecule has 4 unspecified atom stereocenters. The van der Waals surface area contributed by atoms with Crippen molar-refractivity contribution in [2.24, 2.45) is 0 Å². The molecule has 4 aromatic heterocycles. The number of nitrogens with one attached hydrogen (secondary N) is 4. The molecule has 4 nitrogen and oxygen atoms in total. The quantitative estimate of drug-likeness (QED) is 0.128. The number of hydrogen-bond acceptors (Lipinski definition) is 0. The van der Waals surface area contributed by atoms with E-state index >= 15 is 0 Å². The molecule has 52 heavy (non-hydrogen) atoms. The first-order valence-electron chi connectivity index (χ1n) is 19.0. The summed E-state index contributed by atoms with van der Waals surface area (Å²) in [6, 6.07) is 36.6. The molecule has 0 saturated heterocycles. The average Bonchev–Trinajstić information content (AvgIpc) is 3.98. The zero-order valence-corrected chi connectivity index (χ0v) is 28.7. The molecule has 0 fully saturated rings. The maximum atomic E-state index is 4.07. The van der Waals surface area contributed by atoms with Crippen LogP contribution in [0.4, 0.5) is 0 Å². The van der Waals surface area contributed by atoms with Gasteiger partial charge in [0.15, 0.2) is 0 Å². The second kappa shape index (κ2) is 9.86. The average molecular weight is 669 g/mol. The third-order valence-electron chi connectivity index (χ3n) is 13.2. The van der Waals surface area contributed by atoms with E-state index in [1.165, 1.54) is 114 Å². The van der Waals surface area contributed by atoms with Crippen molar-refractivity contribution in [2.75, 3.05) is 0 Å².